The van der Waals surface area contributed by atoms with Gasteiger partial charge in [0.25, 0.3) is 0 Å². The third kappa shape index (κ3) is 7.89. The van der Waals surface area contributed by atoms with Crippen LogP contribution in [0.15, 0.2) is 103 Å². The fourth-order valence-corrected chi connectivity index (χ4v) is 13.4. The fourth-order valence-electron chi connectivity index (χ4n) is 13.4. The van der Waals surface area contributed by atoms with Crippen LogP contribution in [-0.4, -0.2) is 6.71 Å². The van der Waals surface area contributed by atoms with E-state index in [1.54, 1.807) is 22.3 Å². The molecule has 6 aromatic rings. The molecule has 0 bridgehead atoms. The summed E-state index contributed by atoms with van der Waals surface area (Å²) in [5.41, 5.74) is 28.5. The highest BCUT2D eigenvalue weighted by Crippen LogP contribution is 2.51. The monoisotopic (exact) mass is 857 g/mol. The van der Waals surface area contributed by atoms with E-state index in [0.717, 1.165) is 19.3 Å². The van der Waals surface area contributed by atoms with Crippen molar-refractivity contribution < 1.29 is 0 Å². The largest absolute Gasteiger partial charge is 0.242 e. The van der Waals surface area contributed by atoms with E-state index in [2.05, 4.69) is 214 Å². The second-order valence-corrected chi connectivity index (χ2v) is 24.9. The maximum atomic E-state index is 2.74. The Morgan fingerprint density at radius 2 is 1.17 bits per heavy atom. The average molecular weight is 857 g/mol. The van der Waals surface area contributed by atoms with Crippen LogP contribution in [0.5, 0.6) is 0 Å². The van der Waals surface area contributed by atoms with E-state index in [0.29, 0.717) is 0 Å². The van der Waals surface area contributed by atoms with Crippen molar-refractivity contribution in [1.82, 2.24) is 0 Å². The normalized spacial score (nSPS) is 19.3. The lowest BCUT2D eigenvalue weighted by Crippen LogP contribution is -2.60. The number of aryl methyl sites for hydroxylation is 5. The Morgan fingerprint density at radius 3 is 1.83 bits per heavy atom. The molecule has 0 fully saturated rings. The molecular formula is C64H77B. The molecule has 1 aliphatic heterocycles. The van der Waals surface area contributed by atoms with Crippen LogP contribution in [0.25, 0.3) is 11.1 Å². The Labute approximate surface area is 395 Å². The lowest BCUT2D eigenvalue weighted by Gasteiger charge is -2.43. The molecule has 0 N–H and O–H groups in total. The van der Waals surface area contributed by atoms with Gasteiger partial charge in [0.05, 0.1) is 0 Å². The second kappa shape index (κ2) is 15.7. The van der Waals surface area contributed by atoms with Gasteiger partial charge >= 0.3 is 0 Å². The smallest absolute Gasteiger partial charge is 0.0646 e. The summed E-state index contributed by atoms with van der Waals surface area (Å²) in [7, 11) is 0. The molecule has 6 aromatic carbocycles. The van der Waals surface area contributed by atoms with Crippen molar-refractivity contribution in [2.24, 2.45) is 0 Å². The van der Waals surface area contributed by atoms with Gasteiger partial charge in [-0.05, 0) is 165 Å². The van der Waals surface area contributed by atoms with Crippen LogP contribution in [0.3, 0.4) is 0 Å². The minimum absolute atomic E-state index is 0.0726. The summed E-state index contributed by atoms with van der Waals surface area (Å²) in [6.07, 6.45) is 5.73. The Balaban J connectivity index is 1.31. The zero-order chi connectivity index (χ0) is 46.8. The van der Waals surface area contributed by atoms with Gasteiger partial charge in [-0.25, -0.2) is 0 Å². The first-order chi connectivity index (χ1) is 30.4. The van der Waals surface area contributed by atoms with Crippen LogP contribution < -0.4 is 16.4 Å². The third-order valence-corrected chi connectivity index (χ3v) is 17.1. The van der Waals surface area contributed by atoms with Crippen LogP contribution in [0.1, 0.15) is 198 Å². The first kappa shape index (κ1) is 45.5. The lowest BCUT2D eigenvalue weighted by molar-refractivity contribution is 0.331. The summed E-state index contributed by atoms with van der Waals surface area (Å²) in [6.45, 7) is 39.0. The zero-order valence-electron chi connectivity index (χ0n) is 43.1. The molecule has 2 unspecified atom stereocenters. The number of hydrogen-bond acceptors (Lipinski definition) is 0. The summed E-state index contributed by atoms with van der Waals surface area (Å²) < 4.78 is 0. The highest BCUT2D eigenvalue weighted by Gasteiger charge is 2.46. The van der Waals surface area contributed by atoms with Gasteiger partial charge in [-0.15, -0.1) is 0 Å². The predicted octanol–water partition coefficient (Wildman–Crippen LogP) is 14.9. The summed E-state index contributed by atoms with van der Waals surface area (Å²) in [5.74, 6) is 0.503. The maximum absolute atomic E-state index is 2.74. The first-order valence-electron chi connectivity index (χ1n) is 25.1. The number of benzene rings is 6. The van der Waals surface area contributed by atoms with Crippen molar-refractivity contribution in [2.75, 3.05) is 0 Å². The van der Waals surface area contributed by atoms with E-state index in [9.17, 15) is 0 Å². The van der Waals surface area contributed by atoms with Gasteiger partial charge in [0.2, 0.25) is 6.71 Å². The molecule has 0 radical (unpaired) electrons. The molecule has 0 saturated carbocycles. The quantitative estimate of drug-likeness (QED) is 0.140. The van der Waals surface area contributed by atoms with Gasteiger partial charge in [0.1, 0.15) is 0 Å². The Morgan fingerprint density at radius 1 is 0.554 bits per heavy atom. The molecule has 0 amide bonds. The van der Waals surface area contributed by atoms with E-state index in [-0.39, 0.29) is 45.6 Å². The third-order valence-electron chi connectivity index (χ3n) is 17.1. The van der Waals surface area contributed by atoms with Crippen LogP contribution in [-0.2, 0) is 33.5 Å². The van der Waals surface area contributed by atoms with Crippen molar-refractivity contribution >= 4 is 23.1 Å². The molecule has 0 aromatic heterocycles. The van der Waals surface area contributed by atoms with Gasteiger partial charge in [-0.2, -0.15) is 0 Å². The van der Waals surface area contributed by atoms with E-state index >= 15 is 0 Å². The fraction of sp³-hybridized carbons (Fsp3) is 0.438. The summed E-state index contributed by atoms with van der Waals surface area (Å²) in [6, 6.07) is 41.7. The molecule has 0 spiro atoms. The summed E-state index contributed by atoms with van der Waals surface area (Å²) in [5, 5.41) is 0. The number of rotatable bonds is 7. The molecule has 0 nitrogen and oxygen atoms in total. The summed E-state index contributed by atoms with van der Waals surface area (Å²) >= 11 is 0. The van der Waals surface area contributed by atoms with E-state index in [1.165, 1.54) is 96.0 Å². The Bertz CT molecular complexity index is 2830. The molecule has 336 valence electrons. The van der Waals surface area contributed by atoms with E-state index in [1.807, 2.05) is 0 Å². The number of hydrogen-bond donors (Lipinski definition) is 0. The molecule has 1 heterocycles. The van der Waals surface area contributed by atoms with Crippen molar-refractivity contribution in [3.8, 4) is 11.1 Å². The van der Waals surface area contributed by atoms with Crippen molar-refractivity contribution in [1.29, 1.82) is 0 Å². The molecule has 0 saturated heterocycles. The van der Waals surface area contributed by atoms with E-state index < -0.39 is 0 Å². The van der Waals surface area contributed by atoms with Gasteiger partial charge in [-0.1, -0.05) is 214 Å². The minimum Gasteiger partial charge on any atom is -0.0646 e. The van der Waals surface area contributed by atoms with Crippen LogP contribution in [0.4, 0.5) is 0 Å². The second-order valence-electron chi connectivity index (χ2n) is 24.9. The van der Waals surface area contributed by atoms with Gasteiger partial charge in [0, 0.05) is 11.8 Å². The topological polar surface area (TPSA) is 0 Å². The van der Waals surface area contributed by atoms with Crippen molar-refractivity contribution in [3.63, 3.8) is 0 Å². The molecule has 65 heavy (non-hydrogen) atoms. The predicted molar refractivity (Wildman–Crippen MR) is 284 cm³/mol. The SMILES string of the molecule is Cc1cc(C)c2c(c1)C(CCc1cc(C(C)(C)C)ccc1C)c1ccc(-c3ccccc3)cc1B2c1cc2c(cc1C(C)c1cc3c(cc1C)C(C)(C)CCC3(C)C)C(C)(C)CC2(C)C. The molecule has 9 rings (SSSR count). The minimum atomic E-state index is 0.0726. The highest BCUT2D eigenvalue weighted by atomic mass is 14.5. The first-order valence-corrected chi connectivity index (χ1v) is 25.1. The molecule has 1 heteroatoms. The molecule has 2 aliphatic carbocycles. The van der Waals surface area contributed by atoms with Gasteiger partial charge in [-0.3, -0.25) is 0 Å². The van der Waals surface area contributed by atoms with Crippen LogP contribution in [0, 0.1) is 27.7 Å². The van der Waals surface area contributed by atoms with Crippen LogP contribution in [0.2, 0.25) is 0 Å². The standard InChI is InChI=1S/C64H77B/c1-39-30-42(4)59-52(31-39)48(26-23-45-33-47(60(6,7)8)25-22-40(45)2)49-27-24-46(44-20-18-17-19-21-44)34-57(49)65(59)58-37-56-55(63(13,14)38-64(56,15)16)36-51(58)43(5)50-35-54-53(32-41(50)3)61(9,10)28-29-62(54,11)12/h17-22,24-25,27,30-37,43,48H,23,26,28-29,38H2,1-16H3. The zero-order valence-corrected chi connectivity index (χ0v) is 43.1. The Kier molecular flexibility index (Phi) is 11.0. The van der Waals surface area contributed by atoms with Crippen LogP contribution >= 0.6 is 0 Å². The van der Waals surface area contributed by atoms with Crippen molar-refractivity contribution in [2.45, 2.75) is 182 Å². The summed E-state index contributed by atoms with van der Waals surface area (Å²) in [4.78, 5) is 0. The van der Waals surface area contributed by atoms with E-state index in [4.69, 9.17) is 0 Å². The molecule has 2 atom stereocenters. The lowest BCUT2D eigenvalue weighted by atomic mass is 9.31. The van der Waals surface area contributed by atoms with Gasteiger partial charge in [0.15, 0.2) is 0 Å². The van der Waals surface area contributed by atoms with Crippen molar-refractivity contribution in [3.05, 3.63) is 181 Å². The number of fused-ring (bicyclic) bond motifs is 4. The van der Waals surface area contributed by atoms with Gasteiger partial charge < -0.3 is 0 Å². The Hall–Kier alpha value is -4.62. The average Bonchev–Trinajstić information content (AvgIpc) is 3.42. The molecular weight excluding hydrogens is 780 g/mol. The molecule has 3 aliphatic rings. The highest BCUT2D eigenvalue weighted by molar-refractivity contribution is 6.97. The maximum Gasteiger partial charge on any atom is 0.242 e.